The van der Waals surface area contributed by atoms with E-state index in [0.717, 1.165) is 28.9 Å². The van der Waals surface area contributed by atoms with Crippen molar-refractivity contribution in [2.24, 2.45) is 11.7 Å². The standard InChI is InChI=1S/C17H27NO2/c1-12-7-15(10-18)8-13(2)17(12)20-11-16(19)9-14-5-3-4-6-14/h7-8,14,16,19H,3-6,9-11,18H2,1-2H3. The number of aliphatic hydroxyl groups excluding tert-OH is 1. The van der Waals surface area contributed by atoms with E-state index < -0.39 is 0 Å². The number of ether oxygens (including phenoxy) is 1. The molecule has 0 spiro atoms. The highest BCUT2D eigenvalue weighted by Crippen LogP contribution is 2.29. The van der Waals surface area contributed by atoms with Crippen LogP contribution in [0.3, 0.4) is 0 Å². The SMILES string of the molecule is Cc1cc(CN)cc(C)c1OCC(O)CC1CCCC1. The van der Waals surface area contributed by atoms with Gasteiger partial charge < -0.3 is 15.6 Å². The van der Waals surface area contributed by atoms with Crippen LogP contribution in [0.1, 0.15) is 48.8 Å². The van der Waals surface area contributed by atoms with Crippen molar-refractivity contribution < 1.29 is 9.84 Å². The highest BCUT2D eigenvalue weighted by molar-refractivity contribution is 5.43. The summed E-state index contributed by atoms with van der Waals surface area (Å²) in [6, 6.07) is 4.12. The average molecular weight is 277 g/mol. The monoisotopic (exact) mass is 277 g/mol. The number of benzene rings is 1. The van der Waals surface area contributed by atoms with Crippen LogP contribution in [0.2, 0.25) is 0 Å². The molecule has 0 bridgehead atoms. The maximum absolute atomic E-state index is 10.1. The van der Waals surface area contributed by atoms with E-state index in [0.29, 0.717) is 19.1 Å². The minimum Gasteiger partial charge on any atom is -0.490 e. The van der Waals surface area contributed by atoms with Gasteiger partial charge in [-0.3, -0.25) is 0 Å². The number of aryl methyl sites for hydroxylation is 2. The topological polar surface area (TPSA) is 55.5 Å². The van der Waals surface area contributed by atoms with Crippen molar-refractivity contribution in [3.05, 3.63) is 28.8 Å². The van der Waals surface area contributed by atoms with Crippen molar-refractivity contribution in [1.82, 2.24) is 0 Å². The molecule has 0 saturated heterocycles. The lowest BCUT2D eigenvalue weighted by Crippen LogP contribution is -2.21. The Kier molecular flexibility index (Phi) is 5.44. The fourth-order valence-corrected chi connectivity index (χ4v) is 3.26. The Labute approximate surface area is 122 Å². The molecular formula is C17H27NO2. The fraction of sp³-hybridized carbons (Fsp3) is 0.647. The Morgan fingerprint density at radius 2 is 1.85 bits per heavy atom. The number of rotatable bonds is 6. The summed E-state index contributed by atoms with van der Waals surface area (Å²) in [5.74, 6) is 1.59. The highest BCUT2D eigenvalue weighted by Gasteiger charge is 2.19. The molecule has 2 rings (SSSR count). The van der Waals surface area contributed by atoms with E-state index in [1.54, 1.807) is 0 Å². The van der Waals surface area contributed by atoms with Crippen LogP contribution in [-0.2, 0) is 6.54 Å². The normalized spacial score (nSPS) is 17.4. The van der Waals surface area contributed by atoms with Crippen molar-refractivity contribution in [3.63, 3.8) is 0 Å². The Bertz CT molecular complexity index is 416. The van der Waals surface area contributed by atoms with E-state index in [1.807, 2.05) is 13.8 Å². The van der Waals surface area contributed by atoms with Crippen LogP contribution in [0.5, 0.6) is 5.75 Å². The van der Waals surface area contributed by atoms with E-state index in [2.05, 4.69) is 12.1 Å². The van der Waals surface area contributed by atoms with Gasteiger partial charge >= 0.3 is 0 Å². The maximum atomic E-state index is 10.1. The molecule has 1 atom stereocenters. The third kappa shape index (κ3) is 3.97. The summed E-state index contributed by atoms with van der Waals surface area (Å²) in [6.07, 6.45) is 5.68. The molecule has 3 nitrogen and oxygen atoms in total. The van der Waals surface area contributed by atoms with Crippen LogP contribution >= 0.6 is 0 Å². The minimum atomic E-state index is -0.355. The van der Waals surface area contributed by atoms with Crippen LogP contribution in [0.25, 0.3) is 0 Å². The molecule has 0 aliphatic heterocycles. The molecule has 0 radical (unpaired) electrons. The Hall–Kier alpha value is -1.06. The first-order valence-electron chi connectivity index (χ1n) is 7.71. The van der Waals surface area contributed by atoms with Crippen LogP contribution in [0.4, 0.5) is 0 Å². The molecule has 1 saturated carbocycles. The van der Waals surface area contributed by atoms with Gasteiger partial charge in [-0.15, -0.1) is 0 Å². The lowest BCUT2D eigenvalue weighted by atomic mass is 10.0. The molecule has 0 heterocycles. The first-order chi connectivity index (χ1) is 9.60. The molecule has 1 aromatic rings. The minimum absolute atomic E-state index is 0.355. The first kappa shape index (κ1) is 15.3. The predicted molar refractivity (Wildman–Crippen MR) is 81.9 cm³/mol. The second-order valence-corrected chi connectivity index (χ2v) is 6.11. The number of hydrogen-bond acceptors (Lipinski definition) is 3. The molecule has 0 amide bonds. The Morgan fingerprint density at radius 3 is 2.40 bits per heavy atom. The van der Waals surface area contributed by atoms with Crippen molar-refractivity contribution in [3.8, 4) is 5.75 Å². The molecule has 112 valence electrons. The Morgan fingerprint density at radius 1 is 1.25 bits per heavy atom. The molecule has 0 aromatic heterocycles. The van der Waals surface area contributed by atoms with Crippen molar-refractivity contribution in [1.29, 1.82) is 0 Å². The van der Waals surface area contributed by atoms with E-state index >= 15 is 0 Å². The summed E-state index contributed by atoms with van der Waals surface area (Å²) >= 11 is 0. The van der Waals surface area contributed by atoms with Gasteiger partial charge in [-0.2, -0.15) is 0 Å². The quantitative estimate of drug-likeness (QED) is 0.840. The zero-order valence-electron chi connectivity index (χ0n) is 12.7. The summed E-state index contributed by atoms with van der Waals surface area (Å²) < 4.78 is 5.85. The van der Waals surface area contributed by atoms with Gasteiger partial charge in [-0.05, 0) is 42.9 Å². The molecule has 20 heavy (non-hydrogen) atoms. The molecule has 1 aliphatic carbocycles. The molecular weight excluding hydrogens is 250 g/mol. The van der Waals surface area contributed by atoms with E-state index in [-0.39, 0.29) is 6.10 Å². The third-order valence-electron chi connectivity index (χ3n) is 4.26. The molecule has 3 N–H and O–H groups in total. The number of nitrogens with two attached hydrogens (primary N) is 1. The van der Waals surface area contributed by atoms with E-state index in [9.17, 15) is 5.11 Å². The van der Waals surface area contributed by atoms with E-state index in [4.69, 9.17) is 10.5 Å². The summed E-state index contributed by atoms with van der Waals surface area (Å²) in [5, 5.41) is 10.1. The summed E-state index contributed by atoms with van der Waals surface area (Å²) in [4.78, 5) is 0. The lowest BCUT2D eigenvalue weighted by molar-refractivity contribution is 0.0849. The van der Waals surface area contributed by atoms with E-state index in [1.165, 1.54) is 25.7 Å². The second kappa shape index (κ2) is 7.09. The molecule has 1 aliphatic rings. The van der Waals surface area contributed by atoms with Gasteiger partial charge in [-0.25, -0.2) is 0 Å². The number of hydrogen-bond donors (Lipinski definition) is 2. The number of aliphatic hydroxyl groups is 1. The lowest BCUT2D eigenvalue weighted by Gasteiger charge is -2.18. The molecule has 1 fully saturated rings. The summed E-state index contributed by atoms with van der Waals surface area (Å²) in [5.41, 5.74) is 8.99. The largest absolute Gasteiger partial charge is 0.490 e. The summed E-state index contributed by atoms with van der Waals surface area (Å²) in [6.45, 7) is 5.00. The zero-order valence-corrected chi connectivity index (χ0v) is 12.7. The Balaban J connectivity index is 1.89. The van der Waals surface area contributed by atoms with Gasteiger partial charge in [0.15, 0.2) is 0 Å². The van der Waals surface area contributed by atoms with Crippen molar-refractivity contribution >= 4 is 0 Å². The van der Waals surface area contributed by atoms with Gasteiger partial charge in [0.1, 0.15) is 12.4 Å². The molecule has 1 unspecified atom stereocenters. The predicted octanol–water partition coefficient (Wildman–Crippen LogP) is 3.08. The van der Waals surface area contributed by atoms with Gasteiger partial charge in [-0.1, -0.05) is 37.8 Å². The van der Waals surface area contributed by atoms with Crippen molar-refractivity contribution in [2.45, 2.75) is 58.6 Å². The van der Waals surface area contributed by atoms with Gasteiger partial charge in [0.25, 0.3) is 0 Å². The molecule has 3 heteroatoms. The van der Waals surface area contributed by atoms with Gasteiger partial charge in [0, 0.05) is 6.54 Å². The van der Waals surface area contributed by atoms with Gasteiger partial charge in [0.05, 0.1) is 6.10 Å². The van der Waals surface area contributed by atoms with Crippen molar-refractivity contribution in [2.75, 3.05) is 6.61 Å². The van der Waals surface area contributed by atoms with Crippen LogP contribution < -0.4 is 10.5 Å². The highest BCUT2D eigenvalue weighted by atomic mass is 16.5. The average Bonchev–Trinajstić information content (AvgIpc) is 2.90. The fourth-order valence-electron chi connectivity index (χ4n) is 3.26. The second-order valence-electron chi connectivity index (χ2n) is 6.11. The first-order valence-corrected chi connectivity index (χ1v) is 7.71. The smallest absolute Gasteiger partial charge is 0.125 e. The maximum Gasteiger partial charge on any atom is 0.125 e. The van der Waals surface area contributed by atoms with Gasteiger partial charge in [0.2, 0.25) is 0 Å². The third-order valence-corrected chi connectivity index (χ3v) is 4.26. The summed E-state index contributed by atoms with van der Waals surface area (Å²) in [7, 11) is 0. The van der Waals surface area contributed by atoms with Crippen LogP contribution in [-0.4, -0.2) is 17.8 Å². The van der Waals surface area contributed by atoms with Crippen LogP contribution in [0.15, 0.2) is 12.1 Å². The molecule has 1 aromatic carbocycles. The zero-order chi connectivity index (χ0) is 14.5. The van der Waals surface area contributed by atoms with Crippen LogP contribution in [0, 0.1) is 19.8 Å².